The van der Waals surface area contributed by atoms with Crippen LogP contribution in [0.3, 0.4) is 0 Å². The van der Waals surface area contributed by atoms with E-state index in [-0.39, 0.29) is 0 Å². The van der Waals surface area contributed by atoms with Gasteiger partial charge in [-0.25, -0.2) is 0 Å². The lowest BCUT2D eigenvalue weighted by Crippen LogP contribution is -2.49. The maximum absolute atomic E-state index is 11.6. The van der Waals surface area contributed by atoms with Gasteiger partial charge in [-0.1, -0.05) is 23.2 Å². The first-order chi connectivity index (χ1) is 8.06. The lowest BCUT2D eigenvalue weighted by molar-refractivity contribution is -0.144. The molecule has 0 amide bonds. The number of hydrogen-bond acceptors (Lipinski definition) is 2. The molecule has 0 radical (unpaired) electrons. The average Bonchev–Trinajstić information content (AvgIpc) is 2.33. The molecule has 0 saturated carbocycles. The molecule has 1 aliphatic heterocycles. The Morgan fingerprint density at radius 2 is 2.18 bits per heavy atom. The molecule has 1 unspecified atom stereocenters. The van der Waals surface area contributed by atoms with Crippen molar-refractivity contribution in [2.75, 3.05) is 13.1 Å². The standard InChI is InChI=1S/C12H13Cl2NO2/c13-8-2-3-10(14)9(6-8)12(11(16)17)4-1-5-15-7-12/h2-3,6,15H,1,4-5,7H2,(H,16,17). The highest BCUT2D eigenvalue weighted by Gasteiger charge is 2.42. The second-order valence-corrected chi connectivity index (χ2v) is 5.14. The number of carbonyl (C=O) groups is 1. The Bertz CT molecular complexity index is 442. The van der Waals surface area contributed by atoms with E-state index in [2.05, 4.69) is 5.32 Å². The first-order valence-electron chi connectivity index (χ1n) is 5.46. The number of rotatable bonds is 2. The number of nitrogens with one attached hydrogen (secondary N) is 1. The van der Waals surface area contributed by atoms with Gasteiger partial charge in [-0.3, -0.25) is 4.79 Å². The van der Waals surface area contributed by atoms with Crippen LogP contribution in [0.5, 0.6) is 0 Å². The summed E-state index contributed by atoms with van der Waals surface area (Å²) in [6.07, 6.45) is 1.39. The number of hydrogen-bond donors (Lipinski definition) is 2. The lowest BCUT2D eigenvalue weighted by atomic mass is 9.75. The third-order valence-corrected chi connectivity index (χ3v) is 3.80. The Labute approximate surface area is 110 Å². The number of carboxylic acid groups (broad SMARTS) is 1. The van der Waals surface area contributed by atoms with Gasteiger partial charge in [0.15, 0.2) is 0 Å². The van der Waals surface area contributed by atoms with E-state index < -0.39 is 11.4 Å². The van der Waals surface area contributed by atoms with Crippen LogP contribution in [0.2, 0.25) is 10.0 Å². The Hall–Kier alpha value is -0.770. The maximum atomic E-state index is 11.6. The summed E-state index contributed by atoms with van der Waals surface area (Å²) in [6.45, 7) is 1.23. The van der Waals surface area contributed by atoms with Crippen LogP contribution in [0.1, 0.15) is 18.4 Å². The van der Waals surface area contributed by atoms with E-state index in [1.54, 1.807) is 18.2 Å². The summed E-state index contributed by atoms with van der Waals surface area (Å²) in [5.41, 5.74) is -0.355. The summed E-state index contributed by atoms with van der Waals surface area (Å²) in [5.74, 6) is -0.853. The smallest absolute Gasteiger partial charge is 0.315 e. The van der Waals surface area contributed by atoms with Crippen molar-refractivity contribution in [1.29, 1.82) is 0 Å². The SMILES string of the molecule is O=C(O)C1(c2cc(Cl)ccc2Cl)CCCNC1. The predicted octanol–water partition coefficient (Wildman–Crippen LogP) is 2.70. The monoisotopic (exact) mass is 273 g/mol. The van der Waals surface area contributed by atoms with E-state index in [4.69, 9.17) is 23.2 Å². The molecule has 17 heavy (non-hydrogen) atoms. The fourth-order valence-corrected chi connectivity index (χ4v) is 2.77. The van der Waals surface area contributed by atoms with Crippen LogP contribution in [0.25, 0.3) is 0 Å². The van der Waals surface area contributed by atoms with Crippen LogP contribution in [0.4, 0.5) is 0 Å². The molecule has 0 aliphatic carbocycles. The van der Waals surface area contributed by atoms with Crippen molar-refractivity contribution >= 4 is 29.2 Å². The zero-order chi connectivity index (χ0) is 12.5. The predicted molar refractivity (Wildman–Crippen MR) is 67.9 cm³/mol. The van der Waals surface area contributed by atoms with E-state index in [0.717, 1.165) is 13.0 Å². The summed E-state index contributed by atoms with van der Waals surface area (Å²) < 4.78 is 0. The molecule has 2 rings (SSSR count). The zero-order valence-corrected chi connectivity index (χ0v) is 10.7. The van der Waals surface area contributed by atoms with E-state index in [1.165, 1.54) is 0 Å². The molecule has 0 spiro atoms. The first kappa shape index (κ1) is 12.7. The number of carboxylic acids is 1. The van der Waals surface area contributed by atoms with Gasteiger partial charge < -0.3 is 10.4 Å². The molecule has 1 atom stereocenters. The van der Waals surface area contributed by atoms with Gasteiger partial charge >= 0.3 is 5.97 Å². The Morgan fingerprint density at radius 3 is 2.76 bits per heavy atom. The van der Waals surface area contributed by atoms with Crippen LogP contribution in [-0.2, 0) is 10.2 Å². The molecule has 1 fully saturated rings. The second-order valence-electron chi connectivity index (χ2n) is 4.29. The molecular weight excluding hydrogens is 261 g/mol. The minimum Gasteiger partial charge on any atom is -0.481 e. The molecule has 1 aromatic carbocycles. The topological polar surface area (TPSA) is 49.3 Å². The summed E-state index contributed by atoms with van der Waals surface area (Å²) in [4.78, 5) is 11.6. The van der Waals surface area contributed by atoms with Gasteiger partial charge in [-0.2, -0.15) is 0 Å². The Morgan fingerprint density at radius 1 is 1.41 bits per heavy atom. The molecule has 2 N–H and O–H groups in total. The lowest BCUT2D eigenvalue weighted by Gasteiger charge is -2.34. The third-order valence-electron chi connectivity index (χ3n) is 3.24. The number of halogens is 2. The van der Waals surface area contributed by atoms with Gasteiger partial charge in [-0.05, 0) is 43.1 Å². The highest BCUT2D eigenvalue weighted by molar-refractivity contribution is 6.34. The minimum absolute atomic E-state index is 0.391. The van der Waals surface area contributed by atoms with E-state index >= 15 is 0 Å². The van der Waals surface area contributed by atoms with Crippen molar-refractivity contribution in [3.8, 4) is 0 Å². The van der Waals surface area contributed by atoms with Gasteiger partial charge in [0.1, 0.15) is 5.41 Å². The van der Waals surface area contributed by atoms with E-state index in [1.807, 2.05) is 0 Å². The molecule has 1 heterocycles. The molecule has 92 valence electrons. The first-order valence-corrected chi connectivity index (χ1v) is 6.21. The zero-order valence-electron chi connectivity index (χ0n) is 9.17. The van der Waals surface area contributed by atoms with Crippen LogP contribution in [-0.4, -0.2) is 24.2 Å². The largest absolute Gasteiger partial charge is 0.481 e. The number of aliphatic carboxylic acids is 1. The van der Waals surface area contributed by atoms with Crippen molar-refractivity contribution < 1.29 is 9.90 Å². The van der Waals surface area contributed by atoms with Crippen LogP contribution < -0.4 is 5.32 Å². The van der Waals surface area contributed by atoms with Crippen molar-refractivity contribution in [2.24, 2.45) is 0 Å². The van der Waals surface area contributed by atoms with E-state index in [9.17, 15) is 9.90 Å². The molecule has 5 heteroatoms. The minimum atomic E-state index is -0.958. The fraction of sp³-hybridized carbons (Fsp3) is 0.417. The van der Waals surface area contributed by atoms with Gasteiger partial charge in [-0.15, -0.1) is 0 Å². The molecule has 3 nitrogen and oxygen atoms in total. The fourth-order valence-electron chi connectivity index (χ4n) is 2.30. The van der Waals surface area contributed by atoms with Gasteiger partial charge in [0.2, 0.25) is 0 Å². The average molecular weight is 274 g/mol. The Balaban J connectivity index is 2.52. The van der Waals surface area contributed by atoms with Gasteiger partial charge in [0, 0.05) is 16.6 Å². The highest BCUT2D eigenvalue weighted by Crippen LogP contribution is 2.37. The summed E-state index contributed by atoms with van der Waals surface area (Å²) >= 11 is 12.0. The summed E-state index contributed by atoms with van der Waals surface area (Å²) in [7, 11) is 0. The number of piperidine rings is 1. The number of benzene rings is 1. The quantitative estimate of drug-likeness (QED) is 0.871. The van der Waals surface area contributed by atoms with Crippen LogP contribution >= 0.6 is 23.2 Å². The molecule has 0 aromatic heterocycles. The van der Waals surface area contributed by atoms with Gasteiger partial charge in [0.25, 0.3) is 0 Å². The molecule has 1 saturated heterocycles. The van der Waals surface area contributed by atoms with Crippen molar-refractivity contribution in [2.45, 2.75) is 18.3 Å². The summed E-state index contributed by atoms with van der Waals surface area (Å²) in [5, 5.41) is 13.6. The Kier molecular flexibility index (Phi) is 3.61. The van der Waals surface area contributed by atoms with Crippen molar-refractivity contribution in [1.82, 2.24) is 5.32 Å². The van der Waals surface area contributed by atoms with Gasteiger partial charge in [0.05, 0.1) is 0 Å². The highest BCUT2D eigenvalue weighted by atomic mass is 35.5. The maximum Gasteiger partial charge on any atom is 0.315 e. The normalized spacial score (nSPS) is 24.6. The van der Waals surface area contributed by atoms with E-state index in [0.29, 0.717) is 28.6 Å². The third kappa shape index (κ3) is 2.28. The van der Waals surface area contributed by atoms with Crippen molar-refractivity contribution in [3.05, 3.63) is 33.8 Å². The molecule has 1 aliphatic rings. The molecule has 0 bridgehead atoms. The summed E-state index contributed by atoms with van der Waals surface area (Å²) in [6, 6.07) is 4.97. The second kappa shape index (κ2) is 4.84. The van der Waals surface area contributed by atoms with Crippen molar-refractivity contribution in [3.63, 3.8) is 0 Å². The van der Waals surface area contributed by atoms with Crippen LogP contribution in [0, 0.1) is 0 Å². The molecule has 1 aromatic rings. The molecular formula is C12H13Cl2NO2. The van der Waals surface area contributed by atoms with Crippen LogP contribution in [0.15, 0.2) is 18.2 Å².